The summed E-state index contributed by atoms with van der Waals surface area (Å²) in [6.07, 6.45) is 17.0. The molecule has 0 spiro atoms. The quantitative estimate of drug-likeness (QED) is 0.0238. The zero-order valence-electron chi connectivity index (χ0n) is 39.3. The Balaban J connectivity index is 0.000000472. The van der Waals surface area contributed by atoms with E-state index in [2.05, 4.69) is 30.0 Å². The SMILES string of the molecule is C/C=C/COc1cc(C)c(OCSC/C=N\OC)c(C)c1.C/C=C/COc1cc(C)c(OCSC/C=N\OC)c(C)c1.C/C=C/COc1cc(C)c(OCSC/C=N\OC)c(C)c1. The normalized spacial score (nSPS) is 11.2. The van der Waals surface area contributed by atoms with Crippen LogP contribution in [0.5, 0.6) is 34.5 Å². The Morgan fingerprint density at radius 2 is 0.635 bits per heavy atom. The Labute approximate surface area is 389 Å². The van der Waals surface area contributed by atoms with Gasteiger partial charge in [0, 0.05) is 17.3 Å². The Morgan fingerprint density at radius 1 is 0.397 bits per heavy atom. The molecule has 0 bridgehead atoms. The van der Waals surface area contributed by atoms with Crippen LogP contribution in [0.2, 0.25) is 0 Å². The Hall–Kier alpha value is -4.86. The van der Waals surface area contributed by atoms with Crippen molar-refractivity contribution in [2.45, 2.75) is 62.3 Å². The van der Waals surface area contributed by atoms with Gasteiger partial charge in [-0.15, -0.1) is 35.3 Å². The number of hydrogen-bond donors (Lipinski definition) is 0. The molecule has 0 fully saturated rings. The summed E-state index contributed by atoms with van der Waals surface area (Å²) in [6.45, 7) is 19.9. The minimum atomic E-state index is 0.580. The highest BCUT2D eigenvalue weighted by atomic mass is 32.2. The summed E-state index contributed by atoms with van der Waals surface area (Å²) in [7, 11) is 4.60. The molecular weight excluding hydrogens is 859 g/mol. The number of benzene rings is 3. The minimum absolute atomic E-state index is 0.580. The first-order valence-corrected chi connectivity index (χ1v) is 23.8. The van der Waals surface area contributed by atoms with Crippen molar-refractivity contribution in [1.29, 1.82) is 0 Å². The summed E-state index contributed by atoms with van der Waals surface area (Å²) in [5.41, 5.74) is 6.48. The molecule has 0 atom stereocenters. The molecular formula is C48H69N3O9S3. The summed E-state index contributed by atoms with van der Waals surface area (Å²) < 4.78 is 34.4. The summed E-state index contributed by atoms with van der Waals surface area (Å²) in [4.78, 5) is 13.8. The number of ether oxygens (including phenoxy) is 6. The maximum atomic E-state index is 5.82. The Morgan fingerprint density at radius 3 is 0.841 bits per heavy atom. The highest BCUT2D eigenvalue weighted by Crippen LogP contribution is 2.31. The van der Waals surface area contributed by atoms with Crippen LogP contribution < -0.4 is 28.4 Å². The fraction of sp³-hybridized carbons (Fsp3) is 0.438. The van der Waals surface area contributed by atoms with Crippen molar-refractivity contribution in [3.8, 4) is 34.5 Å². The van der Waals surface area contributed by atoms with Gasteiger partial charge < -0.3 is 42.9 Å². The van der Waals surface area contributed by atoms with Crippen LogP contribution in [0.15, 0.2) is 88.3 Å². The van der Waals surface area contributed by atoms with Crippen LogP contribution in [-0.2, 0) is 14.5 Å². The molecule has 0 aliphatic heterocycles. The number of oxime groups is 3. The lowest BCUT2D eigenvalue weighted by Crippen LogP contribution is -2.00. The van der Waals surface area contributed by atoms with E-state index in [9.17, 15) is 0 Å². The van der Waals surface area contributed by atoms with Crippen LogP contribution >= 0.6 is 35.3 Å². The maximum Gasteiger partial charge on any atom is 0.134 e. The molecule has 0 radical (unpaired) electrons. The molecule has 0 amide bonds. The lowest BCUT2D eigenvalue weighted by atomic mass is 10.1. The second-order valence-corrected chi connectivity index (χ2v) is 16.0. The van der Waals surface area contributed by atoms with Crippen LogP contribution in [0, 0.1) is 41.5 Å². The van der Waals surface area contributed by atoms with Gasteiger partial charge in [0.15, 0.2) is 0 Å². The van der Waals surface area contributed by atoms with E-state index in [1.807, 2.05) is 135 Å². The van der Waals surface area contributed by atoms with E-state index in [4.69, 9.17) is 28.4 Å². The molecule has 0 saturated carbocycles. The second-order valence-electron chi connectivity index (χ2n) is 13.1. The van der Waals surface area contributed by atoms with Crippen LogP contribution in [0.4, 0.5) is 0 Å². The maximum absolute atomic E-state index is 5.82. The first-order chi connectivity index (χ1) is 30.6. The molecule has 12 nitrogen and oxygen atoms in total. The third-order valence-corrected chi connectivity index (χ3v) is 10.0. The molecule has 0 heterocycles. The summed E-state index contributed by atoms with van der Waals surface area (Å²) >= 11 is 4.90. The average molecular weight is 928 g/mol. The fourth-order valence-corrected chi connectivity index (χ4v) is 6.70. The van der Waals surface area contributed by atoms with Gasteiger partial charge in [0.1, 0.15) is 93.5 Å². The Kier molecular flexibility index (Phi) is 32.6. The van der Waals surface area contributed by atoms with Crippen molar-refractivity contribution < 1.29 is 42.9 Å². The molecule has 15 heteroatoms. The van der Waals surface area contributed by atoms with Gasteiger partial charge in [-0.25, -0.2) is 0 Å². The van der Waals surface area contributed by atoms with E-state index in [0.717, 1.165) is 85.1 Å². The average Bonchev–Trinajstić information content (AvgIpc) is 3.25. The van der Waals surface area contributed by atoms with E-state index in [1.165, 1.54) is 21.3 Å². The third kappa shape index (κ3) is 25.7. The van der Waals surface area contributed by atoms with Crippen LogP contribution in [0.25, 0.3) is 0 Å². The first-order valence-electron chi connectivity index (χ1n) is 20.4. The summed E-state index contributed by atoms with van der Waals surface area (Å²) in [6, 6.07) is 12.0. The van der Waals surface area contributed by atoms with Gasteiger partial charge in [0.25, 0.3) is 0 Å². The van der Waals surface area contributed by atoms with Gasteiger partial charge in [-0.05, 0) is 132 Å². The lowest BCUT2D eigenvalue weighted by molar-refractivity contribution is 0.215. The molecule has 0 aliphatic rings. The van der Waals surface area contributed by atoms with Crippen molar-refractivity contribution in [2.75, 3.05) is 76.2 Å². The second kappa shape index (κ2) is 36.6. The van der Waals surface area contributed by atoms with Crippen molar-refractivity contribution >= 4 is 53.9 Å². The monoisotopic (exact) mass is 927 g/mol. The van der Waals surface area contributed by atoms with E-state index in [0.29, 0.717) is 37.6 Å². The summed E-state index contributed by atoms with van der Waals surface area (Å²) in [5, 5.41) is 11.0. The molecule has 0 unspecified atom stereocenters. The third-order valence-electron chi connectivity index (χ3n) is 8.02. The van der Waals surface area contributed by atoms with Crippen molar-refractivity contribution in [2.24, 2.45) is 15.5 Å². The smallest absolute Gasteiger partial charge is 0.134 e. The topological polar surface area (TPSA) is 120 Å². The fourth-order valence-electron chi connectivity index (χ4n) is 5.31. The molecule has 0 saturated heterocycles. The number of allylic oxidation sites excluding steroid dienone is 3. The van der Waals surface area contributed by atoms with Gasteiger partial charge in [-0.3, -0.25) is 0 Å². The molecule has 3 rings (SSSR count). The zero-order chi connectivity index (χ0) is 46.5. The standard InChI is InChI=1S/3C16H23NO3S/c3*1-5-6-8-19-15-10-13(2)16(14(3)11-15)20-12-21-9-7-17-18-4/h3*5-7,10-11H,8-9,12H2,1-4H3/b3*6-5+,17-7-. The molecule has 0 aliphatic carbocycles. The number of aryl methyl sites for hydroxylation is 6. The lowest BCUT2D eigenvalue weighted by Gasteiger charge is -2.13. The van der Waals surface area contributed by atoms with Crippen LogP contribution in [0.3, 0.4) is 0 Å². The first kappa shape index (κ1) is 56.2. The number of rotatable bonds is 27. The minimum Gasteiger partial charge on any atom is -0.490 e. The molecule has 3 aromatic rings. The van der Waals surface area contributed by atoms with Gasteiger partial charge in [-0.1, -0.05) is 51.9 Å². The summed E-state index contributed by atoms with van der Waals surface area (Å²) in [5.74, 6) is 9.39. The highest BCUT2D eigenvalue weighted by Gasteiger charge is 2.10. The molecule has 0 N–H and O–H groups in total. The highest BCUT2D eigenvalue weighted by molar-refractivity contribution is 8.00. The zero-order valence-corrected chi connectivity index (χ0v) is 41.7. The van der Waals surface area contributed by atoms with Crippen molar-refractivity contribution in [1.82, 2.24) is 0 Å². The number of thioether (sulfide) groups is 3. The van der Waals surface area contributed by atoms with E-state index in [-0.39, 0.29) is 0 Å². The van der Waals surface area contributed by atoms with Gasteiger partial charge >= 0.3 is 0 Å². The van der Waals surface area contributed by atoms with Gasteiger partial charge in [0.05, 0.1) is 18.6 Å². The predicted octanol–water partition coefficient (Wildman–Crippen LogP) is 11.9. The van der Waals surface area contributed by atoms with Crippen molar-refractivity contribution in [3.05, 3.63) is 106 Å². The van der Waals surface area contributed by atoms with Crippen LogP contribution in [-0.4, -0.2) is 94.9 Å². The van der Waals surface area contributed by atoms with E-state index in [1.54, 1.807) is 53.9 Å². The van der Waals surface area contributed by atoms with Gasteiger partial charge in [-0.2, -0.15) is 0 Å². The van der Waals surface area contributed by atoms with E-state index >= 15 is 0 Å². The number of hydrogen-bond acceptors (Lipinski definition) is 15. The number of nitrogens with zero attached hydrogens (tertiary/aromatic N) is 3. The molecule has 348 valence electrons. The molecule has 0 aromatic heterocycles. The molecule has 3 aromatic carbocycles. The van der Waals surface area contributed by atoms with E-state index < -0.39 is 0 Å². The van der Waals surface area contributed by atoms with Crippen LogP contribution in [0.1, 0.15) is 54.2 Å². The van der Waals surface area contributed by atoms with Crippen molar-refractivity contribution in [3.63, 3.8) is 0 Å². The Bertz CT molecular complexity index is 1600. The van der Waals surface area contributed by atoms with Gasteiger partial charge in [0.2, 0.25) is 0 Å². The predicted molar refractivity (Wildman–Crippen MR) is 269 cm³/mol. The molecule has 63 heavy (non-hydrogen) atoms. The largest absolute Gasteiger partial charge is 0.490 e.